The standard InChI is InChI=1S/C18H21FN2O2S/c1-2-20-15-8-7-13(19)11-14(15)18(17(20)23)21(9-10-24-18)16(22)12-5-3-4-6-12/h7-8,11-12H,2-6,9-10H2,1H3/t18-/m0/s1. The summed E-state index contributed by atoms with van der Waals surface area (Å²) in [4.78, 5) is 28.7. The molecule has 2 aliphatic heterocycles. The first kappa shape index (κ1) is 15.9. The van der Waals surface area contributed by atoms with Crippen LogP contribution < -0.4 is 4.90 Å². The Morgan fingerprint density at radius 1 is 1.38 bits per heavy atom. The van der Waals surface area contributed by atoms with Crippen molar-refractivity contribution in [3.63, 3.8) is 0 Å². The molecule has 4 rings (SSSR count). The normalized spacial score (nSPS) is 26.7. The molecule has 1 atom stereocenters. The number of fused-ring (bicyclic) bond motifs is 2. The maximum Gasteiger partial charge on any atom is 0.268 e. The number of hydrogen-bond donors (Lipinski definition) is 0. The van der Waals surface area contributed by atoms with E-state index in [9.17, 15) is 14.0 Å². The van der Waals surface area contributed by atoms with Crippen LogP contribution in [0.1, 0.15) is 38.2 Å². The molecule has 0 unspecified atom stereocenters. The Morgan fingerprint density at radius 2 is 2.12 bits per heavy atom. The average molecular weight is 348 g/mol. The number of benzene rings is 1. The van der Waals surface area contributed by atoms with Crippen molar-refractivity contribution in [2.45, 2.75) is 37.5 Å². The molecule has 3 aliphatic rings. The SMILES string of the molecule is CCN1C(=O)[C@@]2(SCCN2C(=O)C2CCCC2)c2cc(F)ccc21. The fourth-order valence-electron chi connectivity index (χ4n) is 4.32. The van der Waals surface area contributed by atoms with Crippen LogP contribution in [0.15, 0.2) is 18.2 Å². The zero-order chi connectivity index (χ0) is 16.9. The van der Waals surface area contributed by atoms with Crippen molar-refractivity contribution < 1.29 is 14.0 Å². The van der Waals surface area contributed by atoms with E-state index in [2.05, 4.69) is 0 Å². The lowest BCUT2D eigenvalue weighted by atomic mass is 10.0. The molecule has 24 heavy (non-hydrogen) atoms. The van der Waals surface area contributed by atoms with Gasteiger partial charge in [0.15, 0.2) is 4.87 Å². The van der Waals surface area contributed by atoms with Crippen LogP contribution >= 0.6 is 11.8 Å². The number of likely N-dealkylation sites (N-methyl/N-ethyl adjacent to an activating group) is 1. The number of carbonyl (C=O) groups excluding carboxylic acids is 2. The lowest BCUT2D eigenvalue weighted by molar-refractivity contribution is -0.143. The second-order valence-corrected chi connectivity index (χ2v) is 7.96. The van der Waals surface area contributed by atoms with Gasteiger partial charge in [-0.3, -0.25) is 9.59 Å². The number of rotatable bonds is 2. The van der Waals surface area contributed by atoms with Gasteiger partial charge in [-0.2, -0.15) is 0 Å². The maximum atomic E-state index is 13.9. The predicted molar refractivity (Wildman–Crippen MR) is 92.2 cm³/mol. The van der Waals surface area contributed by atoms with Crippen LogP contribution in [-0.4, -0.2) is 35.6 Å². The highest BCUT2D eigenvalue weighted by Gasteiger charge is 2.59. The van der Waals surface area contributed by atoms with E-state index < -0.39 is 4.87 Å². The lowest BCUT2D eigenvalue weighted by Gasteiger charge is -2.34. The molecule has 1 saturated carbocycles. The van der Waals surface area contributed by atoms with E-state index in [1.54, 1.807) is 15.9 Å². The van der Waals surface area contributed by atoms with E-state index in [4.69, 9.17) is 0 Å². The molecule has 2 amide bonds. The van der Waals surface area contributed by atoms with Gasteiger partial charge in [0.2, 0.25) is 5.91 Å². The molecule has 2 fully saturated rings. The number of nitrogens with zero attached hydrogens (tertiary/aromatic N) is 2. The predicted octanol–water partition coefficient (Wildman–Crippen LogP) is 3.11. The van der Waals surface area contributed by atoms with E-state index in [1.807, 2.05) is 6.92 Å². The van der Waals surface area contributed by atoms with Crippen LogP contribution in [0, 0.1) is 11.7 Å². The van der Waals surface area contributed by atoms with Crippen molar-refractivity contribution in [1.29, 1.82) is 0 Å². The molecular formula is C18H21FN2O2S. The van der Waals surface area contributed by atoms with Crippen molar-refractivity contribution in [1.82, 2.24) is 4.90 Å². The summed E-state index contributed by atoms with van der Waals surface area (Å²) in [5.74, 6) is 0.330. The van der Waals surface area contributed by atoms with Gasteiger partial charge in [-0.1, -0.05) is 12.8 Å². The summed E-state index contributed by atoms with van der Waals surface area (Å²) in [6.07, 6.45) is 3.95. The fraction of sp³-hybridized carbons (Fsp3) is 0.556. The van der Waals surface area contributed by atoms with Gasteiger partial charge in [0.25, 0.3) is 5.91 Å². The van der Waals surface area contributed by atoms with E-state index in [0.717, 1.165) is 31.4 Å². The molecular weight excluding hydrogens is 327 g/mol. The van der Waals surface area contributed by atoms with Crippen molar-refractivity contribution >= 4 is 29.3 Å². The Morgan fingerprint density at radius 3 is 2.83 bits per heavy atom. The largest absolute Gasteiger partial charge is 0.315 e. The summed E-state index contributed by atoms with van der Waals surface area (Å²) in [5, 5.41) is 0. The second kappa shape index (κ2) is 5.76. The number of hydrogen-bond acceptors (Lipinski definition) is 3. The van der Waals surface area contributed by atoms with E-state index >= 15 is 0 Å². The number of anilines is 1. The summed E-state index contributed by atoms with van der Waals surface area (Å²) >= 11 is 1.47. The average Bonchev–Trinajstić information content (AvgIpc) is 3.29. The van der Waals surface area contributed by atoms with Crippen LogP contribution in [0.3, 0.4) is 0 Å². The molecule has 4 nitrogen and oxygen atoms in total. The van der Waals surface area contributed by atoms with Crippen LogP contribution in [-0.2, 0) is 14.5 Å². The number of amides is 2. The Hall–Kier alpha value is -1.56. The molecule has 0 radical (unpaired) electrons. The van der Waals surface area contributed by atoms with Crippen molar-refractivity contribution in [2.24, 2.45) is 5.92 Å². The summed E-state index contributed by atoms with van der Waals surface area (Å²) in [7, 11) is 0. The first-order valence-electron chi connectivity index (χ1n) is 8.67. The first-order valence-corrected chi connectivity index (χ1v) is 9.65. The minimum Gasteiger partial charge on any atom is -0.315 e. The third kappa shape index (κ3) is 2.05. The van der Waals surface area contributed by atoms with Gasteiger partial charge in [-0.15, -0.1) is 11.8 Å². The summed E-state index contributed by atoms with van der Waals surface area (Å²) in [6.45, 7) is 2.98. The molecule has 1 aromatic carbocycles. The Balaban J connectivity index is 1.81. The van der Waals surface area contributed by atoms with Crippen LogP contribution in [0.25, 0.3) is 0 Å². The summed E-state index contributed by atoms with van der Waals surface area (Å²) < 4.78 is 13.9. The van der Waals surface area contributed by atoms with Crippen molar-refractivity contribution in [3.05, 3.63) is 29.6 Å². The minimum absolute atomic E-state index is 0.0149. The molecule has 1 spiro atoms. The van der Waals surface area contributed by atoms with Gasteiger partial charge in [0.1, 0.15) is 5.82 Å². The van der Waals surface area contributed by atoms with Gasteiger partial charge >= 0.3 is 0 Å². The number of thioether (sulfide) groups is 1. The highest BCUT2D eigenvalue weighted by molar-refractivity contribution is 8.01. The Kier molecular flexibility index (Phi) is 3.82. The molecule has 2 heterocycles. The highest BCUT2D eigenvalue weighted by atomic mass is 32.2. The van der Waals surface area contributed by atoms with E-state index in [0.29, 0.717) is 24.4 Å². The third-order valence-electron chi connectivity index (χ3n) is 5.44. The molecule has 6 heteroatoms. The summed E-state index contributed by atoms with van der Waals surface area (Å²) in [5.41, 5.74) is 1.38. The maximum absolute atomic E-state index is 13.9. The first-order chi connectivity index (χ1) is 11.6. The molecule has 0 bridgehead atoms. The Bertz CT molecular complexity index is 704. The molecule has 0 aromatic heterocycles. The van der Waals surface area contributed by atoms with Gasteiger partial charge < -0.3 is 9.80 Å². The lowest BCUT2D eigenvalue weighted by Crippen LogP contribution is -2.51. The van der Waals surface area contributed by atoms with Crippen molar-refractivity contribution in [3.8, 4) is 0 Å². The minimum atomic E-state index is -1.06. The van der Waals surface area contributed by atoms with Gasteiger partial charge in [-0.05, 0) is 38.0 Å². The Labute approximate surface area is 145 Å². The fourth-order valence-corrected chi connectivity index (χ4v) is 5.77. The van der Waals surface area contributed by atoms with E-state index in [1.165, 1.54) is 23.9 Å². The topological polar surface area (TPSA) is 40.6 Å². The molecule has 1 aliphatic carbocycles. The number of halogens is 1. The zero-order valence-corrected chi connectivity index (χ0v) is 14.6. The molecule has 128 valence electrons. The van der Waals surface area contributed by atoms with Crippen molar-refractivity contribution in [2.75, 3.05) is 23.7 Å². The van der Waals surface area contributed by atoms with Gasteiger partial charge in [0.05, 0.1) is 5.69 Å². The molecule has 1 aromatic rings. The van der Waals surface area contributed by atoms with Crippen LogP contribution in [0.4, 0.5) is 10.1 Å². The monoisotopic (exact) mass is 348 g/mol. The zero-order valence-electron chi connectivity index (χ0n) is 13.8. The quantitative estimate of drug-likeness (QED) is 0.825. The molecule has 0 N–H and O–H groups in total. The third-order valence-corrected chi connectivity index (χ3v) is 6.86. The van der Waals surface area contributed by atoms with Crippen LogP contribution in [0.2, 0.25) is 0 Å². The highest BCUT2D eigenvalue weighted by Crippen LogP contribution is 2.54. The molecule has 1 saturated heterocycles. The van der Waals surface area contributed by atoms with Gasteiger partial charge in [-0.25, -0.2) is 4.39 Å². The van der Waals surface area contributed by atoms with Gasteiger partial charge in [0, 0.05) is 30.3 Å². The summed E-state index contributed by atoms with van der Waals surface area (Å²) in [6, 6.07) is 4.49. The van der Waals surface area contributed by atoms with Crippen LogP contribution in [0.5, 0.6) is 0 Å². The smallest absolute Gasteiger partial charge is 0.268 e. The number of carbonyl (C=O) groups is 2. The van der Waals surface area contributed by atoms with E-state index in [-0.39, 0.29) is 23.5 Å². The second-order valence-electron chi connectivity index (χ2n) is 6.67.